The van der Waals surface area contributed by atoms with Gasteiger partial charge < -0.3 is 0 Å². The van der Waals surface area contributed by atoms with Gasteiger partial charge in [0.1, 0.15) is 0 Å². The van der Waals surface area contributed by atoms with E-state index >= 15 is 0 Å². The van der Waals surface area contributed by atoms with Gasteiger partial charge in [-0.05, 0) is 34.7 Å². The SMILES string of the molecule is CC(=O)Nc1ccc([As](=O)(O)OO)cc1.Sc1ccccc1I. The first-order valence-corrected chi connectivity index (χ1v) is 11.1. The summed E-state index contributed by atoms with van der Waals surface area (Å²) in [6, 6.07) is 13.5. The summed E-state index contributed by atoms with van der Waals surface area (Å²) in [5.41, 5.74) is 0.500. The summed E-state index contributed by atoms with van der Waals surface area (Å²) in [6.07, 6.45) is 0. The van der Waals surface area contributed by atoms with Crippen molar-refractivity contribution in [3.05, 3.63) is 52.1 Å². The van der Waals surface area contributed by atoms with Crippen molar-refractivity contribution in [1.82, 2.24) is 0 Å². The molecule has 0 aliphatic rings. The number of rotatable bonds is 3. The molecule has 0 bridgehead atoms. The van der Waals surface area contributed by atoms with Crippen LogP contribution in [-0.4, -0.2) is 29.4 Å². The number of benzene rings is 2. The molecule has 0 saturated heterocycles. The van der Waals surface area contributed by atoms with Gasteiger partial charge in [-0.25, -0.2) is 0 Å². The van der Waals surface area contributed by atoms with E-state index in [9.17, 15) is 8.53 Å². The van der Waals surface area contributed by atoms with Crippen LogP contribution in [0.2, 0.25) is 0 Å². The molecule has 0 aromatic heterocycles. The van der Waals surface area contributed by atoms with Crippen LogP contribution < -0.4 is 9.67 Å². The van der Waals surface area contributed by atoms with Gasteiger partial charge in [0.25, 0.3) is 0 Å². The van der Waals surface area contributed by atoms with Gasteiger partial charge in [0.2, 0.25) is 0 Å². The molecule has 1 unspecified atom stereocenters. The summed E-state index contributed by atoms with van der Waals surface area (Å²) < 4.78 is 25.0. The number of nitrogens with one attached hydrogen (secondary N) is 1. The van der Waals surface area contributed by atoms with E-state index < -0.39 is 14.2 Å². The number of halogens is 1. The van der Waals surface area contributed by atoms with E-state index in [-0.39, 0.29) is 10.3 Å². The summed E-state index contributed by atoms with van der Waals surface area (Å²) in [5, 5.41) is 10.7. The molecular weight excluding hydrogens is 496 g/mol. The van der Waals surface area contributed by atoms with E-state index in [2.05, 4.69) is 44.4 Å². The zero-order chi connectivity index (χ0) is 17.5. The Morgan fingerprint density at radius 3 is 2.17 bits per heavy atom. The van der Waals surface area contributed by atoms with Crippen LogP contribution in [0, 0.1) is 3.57 Å². The van der Waals surface area contributed by atoms with Crippen LogP contribution in [0.4, 0.5) is 5.69 Å². The van der Waals surface area contributed by atoms with Crippen molar-refractivity contribution in [3.8, 4) is 0 Å². The topological polar surface area (TPSA) is 95.9 Å². The molecule has 23 heavy (non-hydrogen) atoms. The zero-order valence-electron chi connectivity index (χ0n) is 12.0. The summed E-state index contributed by atoms with van der Waals surface area (Å²) in [5.74, 6) is -0.237. The Morgan fingerprint density at radius 2 is 1.78 bits per heavy atom. The van der Waals surface area contributed by atoms with E-state index in [4.69, 9.17) is 9.35 Å². The molecule has 0 aliphatic carbocycles. The Kier molecular flexibility index (Phi) is 8.38. The Morgan fingerprint density at radius 1 is 1.22 bits per heavy atom. The Bertz CT molecular complexity index is 690. The minimum atomic E-state index is -4.76. The predicted octanol–water partition coefficient (Wildman–Crippen LogP) is 2.28. The van der Waals surface area contributed by atoms with E-state index in [1.807, 2.05) is 24.3 Å². The third kappa shape index (κ3) is 7.11. The molecule has 2 aromatic carbocycles. The molecule has 0 radical (unpaired) electrons. The van der Waals surface area contributed by atoms with Crippen LogP contribution in [0.15, 0.2) is 53.4 Å². The number of carbonyl (C=O) groups is 1. The third-order valence-corrected chi connectivity index (χ3v) is 6.69. The molecule has 2 aromatic rings. The maximum Gasteiger partial charge on any atom is 0.0263 e. The fourth-order valence-electron chi connectivity index (χ4n) is 1.44. The van der Waals surface area contributed by atoms with Crippen LogP contribution in [0.3, 0.4) is 0 Å². The Hall–Kier alpha value is -0.772. The van der Waals surface area contributed by atoms with Gasteiger partial charge in [-0.2, -0.15) is 0 Å². The number of carbonyl (C=O) groups excluding carboxylic acids is 1. The van der Waals surface area contributed by atoms with Gasteiger partial charge in [0.15, 0.2) is 0 Å². The van der Waals surface area contributed by atoms with E-state index in [1.54, 1.807) is 0 Å². The smallest absolute Gasteiger partial charge is 0.0263 e. The van der Waals surface area contributed by atoms with Gasteiger partial charge in [0, 0.05) is 8.47 Å². The molecule has 0 fully saturated rings. The first-order chi connectivity index (χ1) is 10.8. The van der Waals surface area contributed by atoms with E-state index in [0.29, 0.717) is 5.69 Å². The molecule has 0 saturated carbocycles. The minimum Gasteiger partial charge on any atom is -0.142 e. The molecule has 1 atom stereocenters. The Balaban J connectivity index is 0.000000277. The second kappa shape index (κ2) is 9.51. The van der Waals surface area contributed by atoms with Crippen molar-refractivity contribution in [2.45, 2.75) is 11.8 Å². The number of anilines is 1. The number of hydrogen-bond acceptors (Lipinski definition) is 5. The van der Waals surface area contributed by atoms with Crippen molar-refractivity contribution in [2.75, 3.05) is 5.32 Å². The molecule has 9 heteroatoms. The summed E-state index contributed by atoms with van der Waals surface area (Å²) in [6.45, 7) is 1.35. The fourth-order valence-corrected chi connectivity index (χ4v) is 3.28. The van der Waals surface area contributed by atoms with Crippen LogP contribution in [-0.2, 0) is 12.4 Å². The largest absolute Gasteiger partial charge is 0.142 e. The molecule has 2 rings (SSSR count). The van der Waals surface area contributed by atoms with Gasteiger partial charge in [0.05, 0.1) is 0 Å². The normalized spacial score (nSPS) is 12.6. The number of hydrogen-bond donors (Lipinski definition) is 4. The maximum atomic E-state index is 11.2. The zero-order valence-corrected chi connectivity index (χ0v) is 16.9. The van der Waals surface area contributed by atoms with Gasteiger partial charge >= 0.3 is 88.4 Å². The van der Waals surface area contributed by atoms with Gasteiger partial charge in [-0.1, -0.05) is 12.1 Å². The fraction of sp³-hybridized carbons (Fsp3) is 0.0714. The second-order valence-electron chi connectivity index (χ2n) is 4.28. The van der Waals surface area contributed by atoms with Crippen molar-refractivity contribution in [2.24, 2.45) is 0 Å². The van der Waals surface area contributed by atoms with Gasteiger partial charge in [-0.3, -0.25) is 0 Å². The standard InChI is InChI=1S/C8H10AsNO5.C6H5IS/c1-6(11)10-8-4-2-7(3-5-8)9(12,13)15-14;7-5-3-1-2-4-6(5)8/h2-5,14H,1H3,(H,10,11)(H,12,13);1-4,8H. The predicted molar refractivity (Wildman–Crippen MR) is 99.2 cm³/mol. The second-order valence-corrected chi connectivity index (χ2v) is 9.54. The molecule has 0 spiro atoms. The van der Waals surface area contributed by atoms with Crippen molar-refractivity contribution >= 4 is 65.3 Å². The average molecular weight is 511 g/mol. The molecule has 6 nitrogen and oxygen atoms in total. The summed E-state index contributed by atoms with van der Waals surface area (Å²) in [4.78, 5) is 11.7. The Labute approximate surface area is 155 Å². The van der Waals surface area contributed by atoms with Crippen LogP contribution in [0.1, 0.15) is 6.92 Å². The monoisotopic (exact) mass is 511 g/mol. The first-order valence-electron chi connectivity index (χ1n) is 6.24. The molecule has 1 amide bonds. The summed E-state index contributed by atoms with van der Waals surface area (Å²) >= 11 is 1.67. The van der Waals surface area contributed by atoms with Crippen molar-refractivity contribution < 1.29 is 21.8 Å². The first kappa shape index (κ1) is 20.3. The van der Waals surface area contributed by atoms with Crippen molar-refractivity contribution in [1.29, 1.82) is 0 Å². The van der Waals surface area contributed by atoms with Crippen LogP contribution in [0.25, 0.3) is 0 Å². The molecular formula is C14H15AsINO5S. The van der Waals surface area contributed by atoms with Gasteiger partial charge in [-0.15, -0.1) is 12.6 Å². The average Bonchev–Trinajstić information content (AvgIpc) is 2.51. The molecule has 0 heterocycles. The van der Waals surface area contributed by atoms with Crippen LogP contribution >= 0.6 is 35.2 Å². The maximum absolute atomic E-state index is 11.2. The third-order valence-electron chi connectivity index (χ3n) is 2.48. The number of amides is 1. The molecule has 0 aliphatic heterocycles. The quantitative estimate of drug-likeness (QED) is 0.167. The number of thiol groups is 1. The van der Waals surface area contributed by atoms with E-state index in [0.717, 1.165) is 4.90 Å². The van der Waals surface area contributed by atoms with Crippen LogP contribution in [0.5, 0.6) is 0 Å². The molecule has 124 valence electrons. The van der Waals surface area contributed by atoms with E-state index in [1.165, 1.54) is 34.8 Å². The molecule has 3 N–H and O–H groups in total. The summed E-state index contributed by atoms with van der Waals surface area (Å²) in [7, 11) is 0. The minimum absolute atomic E-state index is 0.00438. The van der Waals surface area contributed by atoms with Crippen molar-refractivity contribution in [3.63, 3.8) is 0 Å².